The summed E-state index contributed by atoms with van der Waals surface area (Å²) < 4.78 is 14.1. The summed E-state index contributed by atoms with van der Waals surface area (Å²) in [6.45, 7) is 1.73. The molecule has 2 atom stereocenters. The van der Waals surface area contributed by atoms with Crippen LogP contribution in [-0.2, 0) is 0 Å². The van der Waals surface area contributed by atoms with Crippen molar-refractivity contribution in [3.05, 3.63) is 69.9 Å². The van der Waals surface area contributed by atoms with Gasteiger partial charge in [0.25, 0.3) is 5.91 Å². The number of carbonyl (C=O) groups excluding carboxylic acids is 1. The number of hydrogen-bond acceptors (Lipinski definition) is 2. The SMILES string of the molecule is NC[C@@H]1CN(C(=O)c2cc(F)cc(Br)c2)C[C@H]1c1ccccc1. The molecular weight excluding hydrogens is 359 g/mol. The summed E-state index contributed by atoms with van der Waals surface area (Å²) in [7, 11) is 0. The van der Waals surface area contributed by atoms with Crippen LogP contribution in [0.25, 0.3) is 0 Å². The summed E-state index contributed by atoms with van der Waals surface area (Å²) in [5.41, 5.74) is 7.46. The number of benzene rings is 2. The molecule has 0 bridgehead atoms. The molecule has 2 aromatic rings. The molecule has 0 aliphatic carbocycles. The number of nitrogens with zero attached hydrogens (tertiary/aromatic N) is 1. The van der Waals surface area contributed by atoms with E-state index in [1.54, 1.807) is 11.0 Å². The number of carbonyl (C=O) groups is 1. The Hall–Kier alpha value is -1.72. The first kappa shape index (κ1) is 16.1. The molecule has 3 rings (SSSR count). The zero-order valence-electron chi connectivity index (χ0n) is 12.6. The molecule has 2 N–H and O–H groups in total. The number of likely N-dealkylation sites (tertiary alicyclic amines) is 1. The van der Waals surface area contributed by atoms with Crippen LogP contribution in [0.4, 0.5) is 4.39 Å². The Kier molecular flexibility index (Phi) is 4.78. The fourth-order valence-corrected chi connectivity index (χ4v) is 3.68. The molecule has 0 aromatic heterocycles. The summed E-state index contributed by atoms with van der Waals surface area (Å²) in [5, 5.41) is 0. The second kappa shape index (κ2) is 6.81. The first-order valence-electron chi connectivity index (χ1n) is 7.59. The van der Waals surface area contributed by atoms with Gasteiger partial charge in [-0.3, -0.25) is 4.79 Å². The maximum atomic E-state index is 13.5. The standard InChI is InChI=1S/C18H18BrFN2O/c19-15-6-13(7-16(20)8-15)18(23)22-10-14(9-21)17(11-22)12-4-2-1-3-5-12/h1-8,14,17H,9-11,21H2/t14-,17+/m1/s1. The highest BCUT2D eigenvalue weighted by Crippen LogP contribution is 2.33. The molecule has 1 saturated heterocycles. The van der Waals surface area contributed by atoms with Gasteiger partial charge in [0.1, 0.15) is 5.82 Å². The molecule has 1 heterocycles. The van der Waals surface area contributed by atoms with Crippen LogP contribution in [-0.4, -0.2) is 30.4 Å². The van der Waals surface area contributed by atoms with Crippen LogP contribution in [0.2, 0.25) is 0 Å². The molecule has 5 heteroatoms. The van der Waals surface area contributed by atoms with Gasteiger partial charge in [0, 0.05) is 29.0 Å². The first-order chi connectivity index (χ1) is 11.1. The molecule has 0 radical (unpaired) electrons. The summed E-state index contributed by atoms with van der Waals surface area (Å²) in [5.74, 6) is -0.125. The molecule has 2 aromatic carbocycles. The van der Waals surface area contributed by atoms with Crippen molar-refractivity contribution in [3.8, 4) is 0 Å². The molecule has 0 saturated carbocycles. The maximum Gasteiger partial charge on any atom is 0.254 e. The van der Waals surface area contributed by atoms with E-state index in [1.165, 1.54) is 17.7 Å². The predicted octanol–water partition coefficient (Wildman–Crippen LogP) is 3.40. The van der Waals surface area contributed by atoms with Crippen molar-refractivity contribution in [2.75, 3.05) is 19.6 Å². The lowest BCUT2D eigenvalue weighted by atomic mass is 9.89. The van der Waals surface area contributed by atoms with Crippen LogP contribution in [0.15, 0.2) is 53.0 Å². The monoisotopic (exact) mass is 376 g/mol. The Bertz CT molecular complexity index is 687. The Morgan fingerprint density at radius 1 is 1.22 bits per heavy atom. The van der Waals surface area contributed by atoms with Gasteiger partial charge >= 0.3 is 0 Å². The quantitative estimate of drug-likeness (QED) is 0.891. The molecular formula is C18H18BrFN2O. The third kappa shape index (κ3) is 3.46. The Balaban J connectivity index is 1.83. The second-order valence-electron chi connectivity index (χ2n) is 5.88. The predicted molar refractivity (Wildman–Crippen MR) is 91.7 cm³/mol. The molecule has 0 spiro atoms. The lowest BCUT2D eigenvalue weighted by Crippen LogP contribution is -2.29. The van der Waals surface area contributed by atoms with Gasteiger partial charge in [-0.1, -0.05) is 46.3 Å². The lowest BCUT2D eigenvalue weighted by molar-refractivity contribution is 0.0786. The Labute approximate surface area is 143 Å². The number of halogens is 2. The second-order valence-corrected chi connectivity index (χ2v) is 6.80. The topological polar surface area (TPSA) is 46.3 Å². The van der Waals surface area contributed by atoms with Gasteiger partial charge in [-0.05, 0) is 36.2 Å². The van der Waals surface area contributed by atoms with Crippen molar-refractivity contribution < 1.29 is 9.18 Å². The molecule has 1 amide bonds. The largest absolute Gasteiger partial charge is 0.338 e. The van der Waals surface area contributed by atoms with Gasteiger partial charge in [0.05, 0.1) is 0 Å². The zero-order chi connectivity index (χ0) is 16.4. The van der Waals surface area contributed by atoms with Crippen molar-refractivity contribution in [2.24, 2.45) is 11.7 Å². The van der Waals surface area contributed by atoms with Crippen LogP contribution in [0, 0.1) is 11.7 Å². The van der Waals surface area contributed by atoms with Gasteiger partial charge in [0.2, 0.25) is 0 Å². The molecule has 0 unspecified atom stereocenters. The average molecular weight is 377 g/mol. The minimum atomic E-state index is -0.420. The highest BCUT2D eigenvalue weighted by molar-refractivity contribution is 9.10. The van der Waals surface area contributed by atoms with E-state index in [-0.39, 0.29) is 17.7 Å². The normalized spacial score (nSPS) is 20.7. The van der Waals surface area contributed by atoms with Crippen molar-refractivity contribution in [2.45, 2.75) is 5.92 Å². The fraction of sp³-hybridized carbons (Fsp3) is 0.278. The maximum absolute atomic E-state index is 13.5. The average Bonchev–Trinajstić information content (AvgIpc) is 2.98. The van der Waals surface area contributed by atoms with E-state index < -0.39 is 5.82 Å². The minimum absolute atomic E-state index is 0.151. The molecule has 1 aliphatic rings. The molecule has 120 valence electrons. The Morgan fingerprint density at radius 2 is 1.96 bits per heavy atom. The minimum Gasteiger partial charge on any atom is -0.338 e. The number of hydrogen-bond donors (Lipinski definition) is 1. The zero-order valence-corrected chi connectivity index (χ0v) is 14.2. The highest BCUT2D eigenvalue weighted by atomic mass is 79.9. The van der Waals surface area contributed by atoms with Crippen molar-refractivity contribution in [1.82, 2.24) is 4.90 Å². The van der Waals surface area contributed by atoms with Crippen LogP contribution in [0.5, 0.6) is 0 Å². The Morgan fingerprint density at radius 3 is 2.61 bits per heavy atom. The fourth-order valence-electron chi connectivity index (χ4n) is 3.21. The molecule has 23 heavy (non-hydrogen) atoms. The summed E-state index contributed by atoms with van der Waals surface area (Å²) in [4.78, 5) is 14.5. The van der Waals surface area contributed by atoms with Gasteiger partial charge in [-0.2, -0.15) is 0 Å². The van der Waals surface area contributed by atoms with E-state index in [0.29, 0.717) is 29.7 Å². The molecule has 1 fully saturated rings. The van der Waals surface area contributed by atoms with Gasteiger partial charge in [-0.15, -0.1) is 0 Å². The van der Waals surface area contributed by atoms with E-state index in [2.05, 4.69) is 28.1 Å². The van der Waals surface area contributed by atoms with Crippen molar-refractivity contribution in [3.63, 3.8) is 0 Å². The van der Waals surface area contributed by atoms with Gasteiger partial charge in [-0.25, -0.2) is 4.39 Å². The van der Waals surface area contributed by atoms with Crippen molar-refractivity contribution in [1.29, 1.82) is 0 Å². The molecule has 1 aliphatic heterocycles. The molecule has 3 nitrogen and oxygen atoms in total. The van der Waals surface area contributed by atoms with Crippen molar-refractivity contribution >= 4 is 21.8 Å². The van der Waals surface area contributed by atoms with Crippen LogP contribution in [0.3, 0.4) is 0 Å². The van der Waals surface area contributed by atoms with Crippen LogP contribution < -0.4 is 5.73 Å². The number of amides is 1. The first-order valence-corrected chi connectivity index (χ1v) is 8.38. The lowest BCUT2D eigenvalue weighted by Gasteiger charge is -2.17. The summed E-state index contributed by atoms with van der Waals surface area (Å²) in [6, 6.07) is 14.4. The summed E-state index contributed by atoms with van der Waals surface area (Å²) in [6.07, 6.45) is 0. The van der Waals surface area contributed by atoms with E-state index in [0.717, 1.165) is 0 Å². The van der Waals surface area contributed by atoms with Gasteiger partial charge < -0.3 is 10.6 Å². The van der Waals surface area contributed by atoms with Gasteiger partial charge in [0.15, 0.2) is 0 Å². The third-order valence-corrected chi connectivity index (χ3v) is 4.83. The van der Waals surface area contributed by atoms with Crippen LogP contribution >= 0.6 is 15.9 Å². The third-order valence-electron chi connectivity index (χ3n) is 4.37. The van der Waals surface area contributed by atoms with E-state index in [1.807, 2.05) is 18.2 Å². The number of nitrogens with two attached hydrogens (primary N) is 1. The highest BCUT2D eigenvalue weighted by Gasteiger charge is 2.35. The van der Waals surface area contributed by atoms with E-state index in [4.69, 9.17) is 5.73 Å². The smallest absolute Gasteiger partial charge is 0.254 e. The van der Waals surface area contributed by atoms with Crippen LogP contribution in [0.1, 0.15) is 21.8 Å². The summed E-state index contributed by atoms with van der Waals surface area (Å²) >= 11 is 3.23. The van der Waals surface area contributed by atoms with E-state index >= 15 is 0 Å². The number of rotatable bonds is 3. The van der Waals surface area contributed by atoms with E-state index in [9.17, 15) is 9.18 Å².